The average molecular weight is 264 g/mol. The molecule has 1 aromatic heterocycles. The highest BCUT2D eigenvalue weighted by atomic mass is 32.2. The van der Waals surface area contributed by atoms with E-state index in [0.717, 1.165) is 0 Å². The van der Waals surface area contributed by atoms with Gasteiger partial charge in [-0.2, -0.15) is 0 Å². The van der Waals surface area contributed by atoms with Crippen LogP contribution in [0.25, 0.3) is 17.0 Å². The molecule has 0 N–H and O–H groups in total. The van der Waals surface area contributed by atoms with Crippen LogP contribution in [0.5, 0.6) is 5.75 Å². The van der Waals surface area contributed by atoms with E-state index in [9.17, 15) is 9.00 Å². The normalized spacial score (nSPS) is 13.0. The lowest BCUT2D eigenvalue weighted by molar-refractivity contribution is 0.414. The fourth-order valence-corrected chi connectivity index (χ4v) is 1.85. The predicted octanol–water partition coefficient (Wildman–Crippen LogP) is 2.15. The van der Waals surface area contributed by atoms with Gasteiger partial charge in [-0.25, -0.2) is 0 Å². The summed E-state index contributed by atoms with van der Waals surface area (Å²) in [5, 5.41) is 1.95. The van der Waals surface area contributed by atoms with Crippen LogP contribution in [0.15, 0.2) is 38.9 Å². The van der Waals surface area contributed by atoms with Gasteiger partial charge in [0.25, 0.3) is 0 Å². The molecule has 94 valence electrons. The molecule has 4 nitrogen and oxygen atoms in total. The van der Waals surface area contributed by atoms with Crippen molar-refractivity contribution in [2.75, 3.05) is 13.4 Å². The number of benzene rings is 1. The molecule has 0 amide bonds. The molecule has 18 heavy (non-hydrogen) atoms. The average Bonchev–Trinajstić information content (AvgIpc) is 2.35. The number of rotatable bonds is 3. The van der Waals surface area contributed by atoms with Crippen LogP contribution in [0, 0.1) is 0 Å². The minimum atomic E-state index is -1.08. The third-order valence-electron chi connectivity index (χ3n) is 2.38. The van der Waals surface area contributed by atoms with E-state index in [0.29, 0.717) is 22.5 Å². The van der Waals surface area contributed by atoms with Gasteiger partial charge in [0.05, 0.1) is 12.5 Å². The van der Waals surface area contributed by atoms with Crippen LogP contribution >= 0.6 is 0 Å². The molecular weight excluding hydrogens is 252 g/mol. The Morgan fingerprint density at radius 2 is 2.11 bits per heavy atom. The first-order valence-electron chi connectivity index (χ1n) is 5.22. The molecule has 1 heterocycles. The highest BCUT2D eigenvalue weighted by molar-refractivity contribution is 7.87. The fourth-order valence-electron chi connectivity index (χ4n) is 1.53. The zero-order chi connectivity index (χ0) is 13.1. The Bertz CT molecular complexity index is 685. The highest BCUT2D eigenvalue weighted by Crippen LogP contribution is 2.19. The van der Waals surface area contributed by atoms with Crippen LogP contribution in [-0.2, 0) is 10.8 Å². The molecule has 0 bridgehead atoms. The minimum absolute atomic E-state index is 0.138. The van der Waals surface area contributed by atoms with Crippen molar-refractivity contribution in [3.63, 3.8) is 0 Å². The topological polar surface area (TPSA) is 56.5 Å². The summed E-state index contributed by atoms with van der Waals surface area (Å²) >= 11 is 0. The lowest BCUT2D eigenvalue weighted by Gasteiger charge is -2.02. The van der Waals surface area contributed by atoms with E-state index >= 15 is 0 Å². The van der Waals surface area contributed by atoms with Crippen molar-refractivity contribution in [3.05, 3.63) is 45.7 Å². The first-order chi connectivity index (χ1) is 8.60. The summed E-state index contributed by atoms with van der Waals surface area (Å²) in [7, 11) is 0.465. The number of fused-ring (bicyclic) bond motifs is 1. The summed E-state index contributed by atoms with van der Waals surface area (Å²) in [6.45, 7) is 0. The third-order valence-corrected chi connectivity index (χ3v) is 2.90. The Labute approximate surface area is 106 Å². The molecule has 0 fully saturated rings. The summed E-state index contributed by atoms with van der Waals surface area (Å²) < 4.78 is 21.6. The van der Waals surface area contributed by atoms with E-state index in [4.69, 9.17) is 9.15 Å². The lowest BCUT2D eigenvalue weighted by atomic mass is 10.2. The van der Waals surface area contributed by atoms with Crippen molar-refractivity contribution in [1.29, 1.82) is 0 Å². The molecule has 0 saturated carbocycles. The largest absolute Gasteiger partial charge is 0.497 e. The van der Waals surface area contributed by atoms with Gasteiger partial charge in [0, 0.05) is 34.6 Å². The maximum Gasteiger partial charge on any atom is 0.193 e. The summed E-state index contributed by atoms with van der Waals surface area (Å²) in [6.07, 6.45) is 3.06. The van der Waals surface area contributed by atoms with Gasteiger partial charge in [0.15, 0.2) is 5.43 Å². The second-order valence-electron chi connectivity index (χ2n) is 3.68. The smallest absolute Gasteiger partial charge is 0.193 e. The lowest BCUT2D eigenvalue weighted by Crippen LogP contribution is -2.00. The summed E-state index contributed by atoms with van der Waals surface area (Å²) in [6, 6.07) is 6.39. The molecule has 0 saturated heterocycles. The maximum atomic E-state index is 11.8. The van der Waals surface area contributed by atoms with Crippen LogP contribution in [0.4, 0.5) is 0 Å². The molecular formula is C13H12O4S. The van der Waals surface area contributed by atoms with Crippen LogP contribution in [0.3, 0.4) is 0 Å². The maximum absolute atomic E-state index is 11.8. The molecule has 2 rings (SSSR count). The Hall–Kier alpha value is -1.88. The fraction of sp³-hybridized carbons (Fsp3) is 0.154. The predicted molar refractivity (Wildman–Crippen MR) is 72.1 cm³/mol. The SMILES string of the molecule is COc1ccc2c(=O)cc(C=CS(C)=O)oc2c1. The molecule has 0 aliphatic carbocycles. The Kier molecular flexibility index (Phi) is 3.62. The van der Waals surface area contributed by atoms with E-state index in [-0.39, 0.29) is 5.43 Å². The molecule has 0 aliphatic rings. The van der Waals surface area contributed by atoms with Crippen LogP contribution in [0.2, 0.25) is 0 Å². The van der Waals surface area contributed by atoms with Gasteiger partial charge >= 0.3 is 0 Å². The van der Waals surface area contributed by atoms with Crippen LogP contribution in [-0.4, -0.2) is 17.6 Å². The monoisotopic (exact) mass is 264 g/mol. The number of methoxy groups -OCH3 is 1. The summed E-state index contributed by atoms with van der Waals surface area (Å²) in [4.78, 5) is 11.8. The van der Waals surface area contributed by atoms with Gasteiger partial charge in [0.2, 0.25) is 0 Å². The third kappa shape index (κ3) is 2.68. The van der Waals surface area contributed by atoms with E-state index in [1.165, 1.54) is 17.6 Å². The highest BCUT2D eigenvalue weighted by Gasteiger charge is 2.04. The van der Waals surface area contributed by atoms with E-state index < -0.39 is 10.8 Å². The molecule has 0 spiro atoms. The second kappa shape index (κ2) is 5.18. The standard InChI is InChI=1S/C13H12O4S/c1-16-9-3-4-11-12(14)7-10(5-6-18(2)15)17-13(11)8-9/h3-8H,1-2H3. The Morgan fingerprint density at radius 1 is 1.33 bits per heavy atom. The van der Waals surface area contributed by atoms with Crippen molar-refractivity contribution in [2.24, 2.45) is 0 Å². The first kappa shape index (κ1) is 12.6. The van der Waals surface area contributed by atoms with Gasteiger partial charge in [-0.15, -0.1) is 0 Å². The van der Waals surface area contributed by atoms with E-state index in [2.05, 4.69) is 0 Å². The molecule has 1 unspecified atom stereocenters. The Morgan fingerprint density at radius 3 is 2.78 bits per heavy atom. The number of hydrogen-bond donors (Lipinski definition) is 0. The molecule has 5 heteroatoms. The van der Waals surface area contributed by atoms with Gasteiger partial charge < -0.3 is 9.15 Å². The van der Waals surface area contributed by atoms with Crippen molar-refractivity contribution >= 4 is 27.8 Å². The zero-order valence-corrected chi connectivity index (χ0v) is 10.8. The van der Waals surface area contributed by atoms with Crippen molar-refractivity contribution < 1.29 is 13.4 Å². The Balaban J connectivity index is 2.59. The second-order valence-corrected chi connectivity index (χ2v) is 4.95. The molecule has 1 aromatic carbocycles. The van der Waals surface area contributed by atoms with Gasteiger partial charge in [-0.3, -0.25) is 9.00 Å². The van der Waals surface area contributed by atoms with Crippen LogP contribution < -0.4 is 10.2 Å². The summed E-state index contributed by atoms with van der Waals surface area (Å²) in [5.41, 5.74) is 0.309. The zero-order valence-electron chi connectivity index (χ0n) is 10.0. The van der Waals surface area contributed by atoms with Gasteiger partial charge in [-0.1, -0.05) is 0 Å². The summed E-state index contributed by atoms with van der Waals surface area (Å²) in [5.74, 6) is 0.988. The molecule has 1 atom stereocenters. The van der Waals surface area contributed by atoms with Gasteiger partial charge in [0.1, 0.15) is 17.1 Å². The molecule has 0 aliphatic heterocycles. The quantitative estimate of drug-likeness (QED) is 0.852. The number of hydrogen-bond acceptors (Lipinski definition) is 4. The molecule has 2 aromatic rings. The van der Waals surface area contributed by atoms with E-state index in [1.54, 1.807) is 31.6 Å². The molecule has 0 radical (unpaired) electrons. The van der Waals surface area contributed by atoms with Crippen LogP contribution in [0.1, 0.15) is 5.76 Å². The first-order valence-corrected chi connectivity index (χ1v) is 6.84. The van der Waals surface area contributed by atoms with Crippen molar-refractivity contribution in [2.45, 2.75) is 0 Å². The minimum Gasteiger partial charge on any atom is -0.497 e. The number of ether oxygens (including phenoxy) is 1. The van der Waals surface area contributed by atoms with Crippen molar-refractivity contribution in [3.8, 4) is 5.75 Å². The van der Waals surface area contributed by atoms with E-state index in [1.807, 2.05) is 0 Å². The van der Waals surface area contributed by atoms with Gasteiger partial charge in [-0.05, 0) is 18.2 Å². The van der Waals surface area contributed by atoms with Crippen molar-refractivity contribution in [1.82, 2.24) is 0 Å².